The van der Waals surface area contributed by atoms with Crippen LogP contribution in [0, 0.1) is 0 Å². The molecule has 0 spiro atoms. The first-order valence-electron chi connectivity index (χ1n) is 6.64. The third kappa shape index (κ3) is 2.20. The first-order chi connectivity index (χ1) is 9.65. The van der Waals surface area contributed by atoms with E-state index >= 15 is 0 Å². The molecule has 2 N–H and O–H groups in total. The van der Waals surface area contributed by atoms with Crippen LogP contribution in [0.15, 0.2) is 48.8 Å². The Bertz CT molecular complexity index is 746. The summed E-state index contributed by atoms with van der Waals surface area (Å²) in [6.07, 6.45) is 1.90. The van der Waals surface area contributed by atoms with Crippen molar-refractivity contribution in [3.05, 3.63) is 48.8 Å². The number of nitrogens with zero attached hydrogens (tertiary/aromatic N) is 2. The highest BCUT2D eigenvalue weighted by Gasteiger charge is 2.08. The van der Waals surface area contributed by atoms with Gasteiger partial charge in [-0.25, -0.2) is 4.98 Å². The predicted octanol–water partition coefficient (Wildman–Crippen LogP) is 3.39. The number of benzene rings is 2. The maximum Gasteiger partial charge on any atom is 0.144 e. The zero-order chi connectivity index (χ0) is 14.1. The minimum atomic E-state index is 0.0899. The number of imidazole rings is 1. The maximum atomic E-state index is 5.95. The predicted molar refractivity (Wildman–Crippen MR) is 81.2 cm³/mol. The number of anilines is 1. The minimum absolute atomic E-state index is 0.0899. The maximum absolute atomic E-state index is 5.95. The summed E-state index contributed by atoms with van der Waals surface area (Å²) in [5.41, 5.74) is 9.62. The summed E-state index contributed by atoms with van der Waals surface area (Å²) >= 11 is 0. The Balaban J connectivity index is 2.10. The Kier molecular flexibility index (Phi) is 3.06. The second-order valence-corrected chi connectivity index (χ2v) is 4.99. The van der Waals surface area contributed by atoms with Gasteiger partial charge >= 0.3 is 0 Å². The molecule has 1 heterocycles. The highest BCUT2D eigenvalue weighted by molar-refractivity contribution is 5.77. The van der Waals surface area contributed by atoms with Crippen LogP contribution in [0.2, 0.25) is 0 Å². The highest BCUT2D eigenvalue weighted by Crippen LogP contribution is 2.27. The molecule has 0 radical (unpaired) electrons. The van der Waals surface area contributed by atoms with Crippen LogP contribution in [0.5, 0.6) is 5.75 Å². The topological polar surface area (TPSA) is 53.1 Å². The molecule has 0 aliphatic heterocycles. The molecule has 0 fully saturated rings. The van der Waals surface area contributed by atoms with E-state index in [0.717, 1.165) is 16.7 Å². The molecule has 4 nitrogen and oxygen atoms in total. The lowest BCUT2D eigenvalue weighted by molar-refractivity contribution is 0.244. The number of rotatable bonds is 3. The standard InChI is InChI=1S/C16H17N3O/c1-11(2)20-16-9-12(7-8-13(16)17)19-10-18-14-5-3-4-6-15(14)19/h3-11H,17H2,1-2H3. The van der Waals surface area contributed by atoms with E-state index in [4.69, 9.17) is 10.5 Å². The lowest BCUT2D eigenvalue weighted by atomic mass is 10.2. The van der Waals surface area contributed by atoms with Gasteiger partial charge in [0.25, 0.3) is 0 Å². The van der Waals surface area contributed by atoms with Gasteiger partial charge in [-0.1, -0.05) is 12.1 Å². The van der Waals surface area contributed by atoms with Gasteiger partial charge in [-0.15, -0.1) is 0 Å². The van der Waals surface area contributed by atoms with E-state index in [9.17, 15) is 0 Å². The van der Waals surface area contributed by atoms with Gasteiger partial charge in [0.2, 0.25) is 0 Å². The summed E-state index contributed by atoms with van der Waals surface area (Å²) in [5, 5.41) is 0. The smallest absolute Gasteiger partial charge is 0.144 e. The molecule has 0 saturated carbocycles. The quantitative estimate of drug-likeness (QED) is 0.740. The number of nitrogens with two attached hydrogens (primary N) is 1. The van der Waals surface area contributed by atoms with Crippen LogP contribution >= 0.6 is 0 Å². The van der Waals surface area contributed by atoms with Crippen LogP contribution in [0.25, 0.3) is 16.7 Å². The summed E-state index contributed by atoms with van der Waals surface area (Å²) in [5.74, 6) is 0.704. The largest absolute Gasteiger partial charge is 0.489 e. The fourth-order valence-electron chi connectivity index (χ4n) is 2.19. The molecule has 0 aliphatic rings. The highest BCUT2D eigenvalue weighted by atomic mass is 16.5. The molecule has 0 saturated heterocycles. The van der Waals surface area contributed by atoms with E-state index in [1.54, 1.807) is 0 Å². The minimum Gasteiger partial charge on any atom is -0.489 e. The fraction of sp³-hybridized carbons (Fsp3) is 0.188. The van der Waals surface area contributed by atoms with Gasteiger partial charge in [-0.3, -0.25) is 4.57 Å². The van der Waals surface area contributed by atoms with Crippen LogP contribution in [0.3, 0.4) is 0 Å². The first kappa shape index (κ1) is 12.5. The van der Waals surface area contributed by atoms with Crippen LogP contribution in [-0.2, 0) is 0 Å². The van der Waals surface area contributed by atoms with Crippen molar-refractivity contribution in [2.24, 2.45) is 0 Å². The molecule has 0 unspecified atom stereocenters. The molecule has 1 aromatic heterocycles. The van der Waals surface area contributed by atoms with Gasteiger partial charge in [-0.05, 0) is 38.1 Å². The Hall–Kier alpha value is -2.49. The monoisotopic (exact) mass is 267 g/mol. The van der Waals surface area contributed by atoms with Crippen molar-refractivity contribution in [2.45, 2.75) is 20.0 Å². The van der Waals surface area contributed by atoms with Gasteiger partial charge < -0.3 is 10.5 Å². The van der Waals surface area contributed by atoms with Crippen LogP contribution in [-0.4, -0.2) is 15.7 Å². The van der Waals surface area contributed by atoms with Crippen molar-refractivity contribution >= 4 is 16.7 Å². The normalized spacial score (nSPS) is 11.2. The zero-order valence-corrected chi connectivity index (χ0v) is 11.6. The zero-order valence-electron chi connectivity index (χ0n) is 11.6. The molecule has 0 bridgehead atoms. The van der Waals surface area contributed by atoms with Crippen molar-refractivity contribution in [2.75, 3.05) is 5.73 Å². The van der Waals surface area contributed by atoms with Crippen molar-refractivity contribution in [3.8, 4) is 11.4 Å². The number of ether oxygens (including phenoxy) is 1. The number of hydrogen-bond donors (Lipinski definition) is 1. The summed E-state index contributed by atoms with van der Waals surface area (Å²) in [6.45, 7) is 3.97. The molecule has 20 heavy (non-hydrogen) atoms. The SMILES string of the molecule is CC(C)Oc1cc(-n2cnc3ccccc32)ccc1N. The molecule has 3 aromatic rings. The molecular weight excluding hydrogens is 250 g/mol. The second kappa shape index (κ2) is 4.89. The molecule has 0 amide bonds. The van der Waals surface area contributed by atoms with Gasteiger partial charge in [0.15, 0.2) is 0 Å². The van der Waals surface area contributed by atoms with Crippen molar-refractivity contribution in [1.29, 1.82) is 0 Å². The second-order valence-electron chi connectivity index (χ2n) is 4.99. The number of nitrogen functional groups attached to an aromatic ring is 1. The van der Waals surface area contributed by atoms with Crippen molar-refractivity contribution < 1.29 is 4.74 Å². The fourth-order valence-corrected chi connectivity index (χ4v) is 2.19. The Morgan fingerprint density at radius 3 is 2.75 bits per heavy atom. The molecule has 0 atom stereocenters. The van der Waals surface area contributed by atoms with E-state index in [0.29, 0.717) is 11.4 Å². The summed E-state index contributed by atoms with van der Waals surface area (Å²) in [4.78, 5) is 4.40. The number of hydrogen-bond acceptors (Lipinski definition) is 3. The van der Waals surface area contributed by atoms with E-state index < -0.39 is 0 Å². The number of fused-ring (bicyclic) bond motifs is 1. The van der Waals surface area contributed by atoms with Crippen molar-refractivity contribution in [3.63, 3.8) is 0 Å². The van der Waals surface area contributed by atoms with E-state index in [2.05, 4.69) is 4.98 Å². The number of aromatic nitrogens is 2. The van der Waals surface area contributed by atoms with Crippen LogP contribution < -0.4 is 10.5 Å². The van der Waals surface area contributed by atoms with Gasteiger partial charge in [-0.2, -0.15) is 0 Å². The molecule has 4 heteroatoms. The Morgan fingerprint density at radius 2 is 1.95 bits per heavy atom. The molecule has 2 aromatic carbocycles. The lowest BCUT2D eigenvalue weighted by Gasteiger charge is -2.14. The summed E-state index contributed by atoms with van der Waals surface area (Å²) in [6, 6.07) is 13.8. The van der Waals surface area contributed by atoms with Gasteiger partial charge in [0.05, 0.1) is 28.5 Å². The van der Waals surface area contributed by atoms with Crippen LogP contribution in [0.1, 0.15) is 13.8 Å². The van der Waals surface area contributed by atoms with E-state index in [1.807, 2.05) is 67.2 Å². The number of para-hydroxylation sites is 2. The van der Waals surface area contributed by atoms with Crippen LogP contribution in [0.4, 0.5) is 5.69 Å². The average molecular weight is 267 g/mol. The average Bonchev–Trinajstić information content (AvgIpc) is 2.85. The Morgan fingerprint density at radius 1 is 1.15 bits per heavy atom. The third-order valence-corrected chi connectivity index (χ3v) is 3.09. The first-order valence-corrected chi connectivity index (χ1v) is 6.64. The van der Waals surface area contributed by atoms with Gasteiger partial charge in [0.1, 0.15) is 12.1 Å². The lowest BCUT2D eigenvalue weighted by Crippen LogP contribution is -2.08. The molecular formula is C16H17N3O. The molecule has 102 valence electrons. The molecule has 3 rings (SSSR count). The van der Waals surface area contributed by atoms with Gasteiger partial charge in [0, 0.05) is 6.07 Å². The summed E-state index contributed by atoms with van der Waals surface area (Å²) in [7, 11) is 0. The van der Waals surface area contributed by atoms with E-state index in [1.165, 1.54) is 0 Å². The third-order valence-electron chi connectivity index (χ3n) is 3.09. The Labute approximate surface area is 117 Å². The van der Waals surface area contributed by atoms with E-state index in [-0.39, 0.29) is 6.10 Å². The van der Waals surface area contributed by atoms with Crippen molar-refractivity contribution in [1.82, 2.24) is 9.55 Å². The summed E-state index contributed by atoms with van der Waals surface area (Å²) < 4.78 is 7.77. The molecule has 0 aliphatic carbocycles.